The van der Waals surface area contributed by atoms with Crippen molar-refractivity contribution in [3.8, 4) is 17.0 Å². The van der Waals surface area contributed by atoms with Crippen molar-refractivity contribution < 1.29 is 10.0 Å². The van der Waals surface area contributed by atoms with Crippen molar-refractivity contribution in [2.45, 2.75) is 0 Å². The number of hydrogen-bond donors (Lipinski definition) is 3. The van der Waals surface area contributed by atoms with E-state index in [1.165, 1.54) is 12.1 Å². The third-order valence-corrected chi connectivity index (χ3v) is 3.03. The van der Waals surface area contributed by atoms with Crippen LogP contribution in [0.4, 0.5) is 11.4 Å². The molecule has 0 saturated carbocycles. The standard InChI is InChI=1S/C13H10N4O3/c14-7-1-3-9-11(5-7)15-16-13(9)10-4-2-8(17(19)20)6-12(10)18/h1-6,18H,14H2,(H,15,16). The van der Waals surface area contributed by atoms with Crippen LogP contribution in [0, 0.1) is 10.1 Å². The van der Waals surface area contributed by atoms with Crippen LogP contribution in [0.15, 0.2) is 36.4 Å². The van der Waals surface area contributed by atoms with E-state index in [4.69, 9.17) is 5.73 Å². The van der Waals surface area contributed by atoms with Crippen molar-refractivity contribution in [3.63, 3.8) is 0 Å². The van der Waals surface area contributed by atoms with Gasteiger partial charge >= 0.3 is 0 Å². The number of phenolic OH excluding ortho intramolecular Hbond substituents is 1. The molecular formula is C13H10N4O3. The molecule has 0 unspecified atom stereocenters. The van der Waals surface area contributed by atoms with Crippen LogP contribution in [0.5, 0.6) is 5.75 Å². The summed E-state index contributed by atoms with van der Waals surface area (Å²) in [4.78, 5) is 10.1. The van der Waals surface area contributed by atoms with Gasteiger partial charge in [-0.25, -0.2) is 0 Å². The van der Waals surface area contributed by atoms with Gasteiger partial charge < -0.3 is 10.8 Å². The van der Waals surface area contributed by atoms with Crippen LogP contribution < -0.4 is 5.73 Å². The highest BCUT2D eigenvalue weighted by atomic mass is 16.6. The summed E-state index contributed by atoms with van der Waals surface area (Å²) in [5.74, 6) is -0.190. The molecule has 100 valence electrons. The molecule has 0 spiro atoms. The molecule has 7 nitrogen and oxygen atoms in total. The van der Waals surface area contributed by atoms with Crippen molar-refractivity contribution in [3.05, 3.63) is 46.5 Å². The molecule has 0 bridgehead atoms. The minimum atomic E-state index is -0.563. The SMILES string of the molecule is Nc1ccc2c(-c3ccc([N+](=O)[O-])cc3O)n[nH]c2c1. The first-order valence-electron chi connectivity index (χ1n) is 5.77. The highest BCUT2D eigenvalue weighted by Gasteiger charge is 2.15. The number of benzene rings is 2. The number of H-pyrrole nitrogens is 1. The van der Waals surface area contributed by atoms with Crippen molar-refractivity contribution >= 4 is 22.3 Å². The summed E-state index contributed by atoms with van der Waals surface area (Å²) in [6.07, 6.45) is 0. The zero-order valence-corrected chi connectivity index (χ0v) is 10.2. The van der Waals surface area contributed by atoms with Crippen molar-refractivity contribution in [2.75, 3.05) is 5.73 Å². The Bertz CT molecular complexity index is 826. The second kappa shape index (κ2) is 4.23. The molecule has 3 aromatic rings. The minimum Gasteiger partial charge on any atom is -0.507 e. The number of nitrogens with one attached hydrogen (secondary N) is 1. The van der Waals surface area contributed by atoms with Crippen LogP contribution in [0.1, 0.15) is 0 Å². The molecule has 3 rings (SSSR count). The number of nitro benzene ring substituents is 1. The van der Waals surface area contributed by atoms with E-state index >= 15 is 0 Å². The van der Waals surface area contributed by atoms with Crippen LogP contribution in [0.25, 0.3) is 22.2 Å². The van der Waals surface area contributed by atoms with E-state index in [9.17, 15) is 15.2 Å². The van der Waals surface area contributed by atoms with Gasteiger partial charge in [0.25, 0.3) is 5.69 Å². The lowest BCUT2D eigenvalue weighted by atomic mass is 10.1. The summed E-state index contributed by atoms with van der Waals surface area (Å²) in [7, 11) is 0. The first kappa shape index (κ1) is 12.0. The third kappa shape index (κ3) is 1.81. The molecule has 0 fully saturated rings. The Morgan fingerprint density at radius 2 is 2.05 bits per heavy atom. The Labute approximate surface area is 112 Å². The van der Waals surface area contributed by atoms with E-state index in [0.29, 0.717) is 16.9 Å². The molecule has 2 aromatic carbocycles. The number of hydrogen-bond acceptors (Lipinski definition) is 5. The number of rotatable bonds is 2. The number of nitrogens with zero attached hydrogens (tertiary/aromatic N) is 2. The van der Waals surface area contributed by atoms with E-state index in [-0.39, 0.29) is 11.4 Å². The molecular weight excluding hydrogens is 260 g/mol. The number of non-ortho nitro benzene ring substituents is 1. The fourth-order valence-electron chi connectivity index (χ4n) is 2.08. The molecule has 7 heteroatoms. The van der Waals surface area contributed by atoms with E-state index < -0.39 is 4.92 Å². The third-order valence-electron chi connectivity index (χ3n) is 3.03. The second-order valence-corrected chi connectivity index (χ2v) is 4.34. The second-order valence-electron chi connectivity index (χ2n) is 4.34. The van der Waals surface area contributed by atoms with Crippen LogP contribution in [0.2, 0.25) is 0 Å². The van der Waals surface area contributed by atoms with Crippen molar-refractivity contribution in [2.24, 2.45) is 0 Å². The van der Waals surface area contributed by atoms with E-state index in [0.717, 1.165) is 17.0 Å². The summed E-state index contributed by atoms with van der Waals surface area (Å²) in [6.45, 7) is 0. The number of anilines is 1. The maximum absolute atomic E-state index is 10.7. The molecule has 0 amide bonds. The van der Waals surface area contributed by atoms with Gasteiger partial charge in [-0.2, -0.15) is 5.10 Å². The van der Waals surface area contributed by atoms with Crippen LogP contribution in [0.3, 0.4) is 0 Å². The van der Waals surface area contributed by atoms with E-state index in [1.54, 1.807) is 18.2 Å². The van der Waals surface area contributed by atoms with E-state index in [1.807, 2.05) is 0 Å². The number of fused-ring (bicyclic) bond motifs is 1. The lowest BCUT2D eigenvalue weighted by molar-refractivity contribution is -0.384. The maximum atomic E-state index is 10.7. The number of aromatic nitrogens is 2. The maximum Gasteiger partial charge on any atom is 0.273 e. The first-order valence-corrected chi connectivity index (χ1v) is 5.77. The topological polar surface area (TPSA) is 118 Å². The molecule has 0 aliphatic carbocycles. The Balaban J connectivity index is 2.18. The molecule has 0 radical (unpaired) electrons. The number of nitrogen functional groups attached to an aromatic ring is 1. The Morgan fingerprint density at radius 1 is 1.25 bits per heavy atom. The number of nitro groups is 1. The summed E-state index contributed by atoms with van der Waals surface area (Å²) < 4.78 is 0. The Morgan fingerprint density at radius 3 is 2.75 bits per heavy atom. The molecule has 1 aromatic heterocycles. The number of aromatic hydroxyl groups is 1. The van der Waals surface area contributed by atoms with Gasteiger partial charge in [0.2, 0.25) is 0 Å². The molecule has 1 heterocycles. The zero-order valence-electron chi connectivity index (χ0n) is 10.2. The van der Waals surface area contributed by atoms with Crippen LogP contribution >= 0.6 is 0 Å². The van der Waals surface area contributed by atoms with Crippen molar-refractivity contribution in [1.29, 1.82) is 0 Å². The number of nitrogens with two attached hydrogens (primary N) is 1. The number of phenols is 1. The Kier molecular flexibility index (Phi) is 2.53. The van der Waals surface area contributed by atoms with Gasteiger partial charge in [0.1, 0.15) is 11.4 Å². The average molecular weight is 270 g/mol. The zero-order chi connectivity index (χ0) is 14.3. The fourth-order valence-corrected chi connectivity index (χ4v) is 2.08. The summed E-state index contributed by atoms with van der Waals surface area (Å²) in [5.41, 5.74) is 7.79. The van der Waals surface area contributed by atoms with Gasteiger partial charge in [0.15, 0.2) is 0 Å². The van der Waals surface area contributed by atoms with Crippen LogP contribution in [-0.4, -0.2) is 20.2 Å². The van der Waals surface area contributed by atoms with E-state index in [2.05, 4.69) is 10.2 Å². The van der Waals surface area contributed by atoms with Crippen molar-refractivity contribution in [1.82, 2.24) is 10.2 Å². The van der Waals surface area contributed by atoms with Gasteiger partial charge in [-0.05, 0) is 24.3 Å². The molecule has 0 saturated heterocycles. The molecule has 0 atom stereocenters. The summed E-state index contributed by atoms with van der Waals surface area (Å²) in [6, 6.07) is 9.14. The van der Waals surface area contributed by atoms with Gasteiger partial charge in [-0.1, -0.05) is 0 Å². The normalized spacial score (nSPS) is 10.8. The predicted octanol–water partition coefficient (Wildman–Crippen LogP) is 2.43. The average Bonchev–Trinajstić information content (AvgIpc) is 2.81. The molecule has 20 heavy (non-hydrogen) atoms. The lowest BCUT2D eigenvalue weighted by Gasteiger charge is -2.02. The van der Waals surface area contributed by atoms with Gasteiger partial charge in [-0.15, -0.1) is 0 Å². The first-order chi connectivity index (χ1) is 9.56. The smallest absolute Gasteiger partial charge is 0.273 e. The largest absolute Gasteiger partial charge is 0.507 e. The monoisotopic (exact) mass is 270 g/mol. The van der Waals surface area contributed by atoms with Crippen LogP contribution in [-0.2, 0) is 0 Å². The number of aromatic amines is 1. The molecule has 4 N–H and O–H groups in total. The van der Waals surface area contributed by atoms with Gasteiger partial charge in [0, 0.05) is 22.7 Å². The van der Waals surface area contributed by atoms with Gasteiger partial charge in [-0.3, -0.25) is 15.2 Å². The summed E-state index contributed by atoms with van der Waals surface area (Å²) >= 11 is 0. The predicted molar refractivity (Wildman–Crippen MR) is 74.3 cm³/mol. The minimum absolute atomic E-state index is 0.171. The molecule has 0 aliphatic rings. The quantitative estimate of drug-likeness (QED) is 0.375. The highest BCUT2D eigenvalue weighted by Crippen LogP contribution is 2.35. The lowest BCUT2D eigenvalue weighted by Crippen LogP contribution is -1.88. The fraction of sp³-hybridized carbons (Fsp3) is 0. The Hall–Kier alpha value is -3.09. The van der Waals surface area contributed by atoms with Gasteiger partial charge in [0.05, 0.1) is 16.5 Å². The highest BCUT2D eigenvalue weighted by molar-refractivity contribution is 5.95. The molecule has 0 aliphatic heterocycles. The summed E-state index contributed by atoms with van der Waals surface area (Å²) in [5, 5.41) is 28.3.